The maximum absolute atomic E-state index is 3.59. The lowest BCUT2D eigenvalue weighted by atomic mass is 10.2. The Labute approximate surface area is 139 Å². The Hall–Kier alpha value is 0.190. The van der Waals surface area contributed by atoms with Crippen LogP contribution < -0.4 is 5.32 Å². The van der Waals surface area contributed by atoms with Crippen LogP contribution in [0.5, 0.6) is 0 Å². The predicted molar refractivity (Wildman–Crippen MR) is 93.4 cm³/mol. The molecule has 19 heavy (non-hydrogen) atoms. The molecule has 1 unspecified atom stereocenters. The van der Waals surface area contributed by atoms with Gasteiger partial charge in [0.05, 0.1) is 3.79 Å². The van der Waals surface area contributed by atoms with Crippen LogP contribution in [0.15, 0.2) is 49.6 Å². The maximum atomic E-state index is 3.59. The van der Waals surface area contributed by atoms with Crippen molar-refractivity contribution in [3.63, 3.8) is 0 Å². The largest absolute Gasteiger partial charge is 0.316 e. The molecular formula is C14H15Br2NS2. The fourth-order valence-electron chi connectivity index (χ4n) is 1.70. The molecule has 0 aliphatic rings. The molecule has 0 fully saturated rings. The van der Waals surface area contributed by atoms with Crippen molar-refractivity contribution in [3.8, 4) is 0 Å². The number of halogens is 2. The number of benzene rings is 1. The van der Waals surface area contributed by atoms with Gasteiger partial charge in [0.2, 0.25) is 0 Å². The molecule has 2 aromatic rings. The van der Waals surface area contributed by atoms with E-state index in [2.05, 4.69) is 67.5 Å². The van der Waals surface area contributed by atoms with Crippen molar-refractivity contribution in [2.24, 2.45) is 0 Å². The number of thioether (sulfide) groups is 1. The third-order valence-electron chi connectivity index (χ3n) is 2.76. The highest BCUT2D eigenvalue weighted by Crippen LogP contribution is 2.29. The van der Waals surface area contributed by atoms with E-state index in [1.54, 1.807) is 0 Å². The van der Waals surface area contributed by atoms with E-state index in [4.69, 9.17) is 0 Å². The van der Waals surface area contributed by atoms with E-state index in [0.717, 1.165) is 12.2 Å². The third kappa shape index (κ3) is 4.90. The Balaban J connectivity index is 1.91. The molecular weight excluding hydrogens is 406 g/mol. The lowest BCUT2D eigenvalue weighted by Crippen LogP contribution is -2.29. The van der Waals surface area contributed by atoms with E-state index in [9.17, 15) is 0 Å². The first-order chi connectivity index (χ1) is 9.19. The van der Waals surface area contributed by atoms with Gasteiger partial charge in [-0.15, -0.1) is 23.1 Å². The molecule has 1 aromatic heterocycles. The molecule has 102 valence electrons. The Kier molecular flexibility index (Phi) is 6.42. The SMILES string of the molecule is CNC(CSc1ccccc1Br)Cc1ccc(Br)s1. The number of nitrogens with one attached hydrogen (secondary N) is 1. The summed E-state index contributed by atoms with van der Waals surface area (Å²) in [5.74, 6) is 1.06. The molecule has 0 radical (unpaired) electrons. The van der Waals surface area contributed by atoms with Crippen LogP contribution in [-0.4, -0.2) is 18.8 Å². The monoisotopic (exact) mass is 419 g/mol. The van der Waals surface area contributed by atoms with Crippen LogP contribution in [0.1, 0.15) is 4.88 Å². The van der Waals surface area contributed by atoms with E-state index in [0.29, 0.717) is 6.04 Å². The van der Waals surface area contributed by atoms with Gasteiger partial charge in [-0.3, -0.25) is 0 Å². The number of hydrogen-bond acceptors (Lipinski definition) is 3. The summed E-state index contributed by atoms with van der Waals surface area (Å²) in [6, 6.07) is 13.2. The van der Waals surface area contributed by atoms with Crippen LogP contribution in [-0.2, 0) is 6.42 Å². The van der Waals surface area contributed by atoms with Gasteiger partial charge in [0, 0.05) is 26.0 Å². The minimum atomic E-state index is 0.489. The van der Waals surface area contributed by atoms with Gasteiger partial charge in [-0.05, 0) is 69.6 Å². The van der Waals surface area contributed by atoms with E-state index >= 15 is 0 Å². The molecule has 0 saturated heterocycles. The molecule has 1 N–H and O–H groups in total. The fraction of sp³-hybridized carbons (Fsp3) is 0.286. The normalized spacial score (nSPS) is 12.6. The summed E-state index contributed by atoms with van der Waals surface area (Å²) in [7, 11) is 2.04. The number of rotatable bonds is 6. The predicted octanol–water partition coefficient (Wildman–Crippen LogP) is 5.20. The van der Waals surface area contributed by atoms with Crippen molar-refractivity contribution in [1.82, 2.24) is 5.32 Å². The molecule has 0 aliphatic heterocycles. The molecule has 1 heterocycles. The molecule has 1 atom stereocenters. The molecule has 0 aliphatic carbocycles. The smallest absolute Gasteiger partial charge is 0.0701 e. The van der Waals surface area contributed by atoms with Gasteiger partial charge in [0.1, 0.15) is 0 Å². The van der Waals surface area contributed by atoms with Gasteiger partial charge in [-0.1, -0.05) is 12.1 Å². The van der Waals surface area contributed by atoms with Crippen LogP contribution in [0.2, 0.25) is 0 Å². The van der Waals surface area contributed by atoms with Crippen molar-refractivity contribution in [1.29, 1.82) is 0 Å². The zero-order valence-electron chi connectivity index (χ0n) is 10.5. The van der Waals surface area contributed by atoms with Crippen LogP contribution >= 0.6 is 55.0 Å². The summed E-state index contributed by atoms with van der Waals surface area (Å²) in [6.45, 7) is 0. The highest BCUT2D eigenvalue weighted by molar-refractivity contribution is 9.11. The Morgan fingerprint density at radius 3 is 2.63 bits per heavy atom. The highest BCUT2D eigenvalue weighted by Gasteiger charge is 2.10. The average Bonchev–Trinajstić information content (AvgIpc) is 2.81. The standard InChI is InChI=1S/C14H15Br2NS2/c1-17-10(8-11-6-7-14(16)19-11)9-18-13-5-3-2-4-12(13)15/h2-7,10,17H,8-9H2,1H3. The van der Waals surface area contributed by atoms with Crippen molar-refractivity contribution >= 4 is 55.0 Å². The average molecular weight is 421 g/mol. The Bertz CT molecular complexity index is 528. The van der Waals surface area contributed by atoms with Crippen LogP contribution in [0.25, 0.3) is 0 Å². The second-order valence-electron chi connectivity index (χ2n) is 4.14. The molecule has 0 bridgehead atoms. The van der Waals surface area contributed by atoms with Crippen molar-refractivity contribution in [3.05, 3.63) is 49.5 Å². The maximum Gasteiger partial charge on any atom is 0.0701 e. The van der Waals surface area contributed by atoms with Crippen molar-refractivity contribution in [2.45, 2.75) is 17.4 Å². The van der Waals surface area contributed by atoms with E-state index in [-0.39, 0.29) is 0 Å². The van der Waals surface area contributed by atoms with Crippen molar-refractivity contribution < 1.29 is 0 Å². The van der Waals surface area contributed by atoms with Gasteiger partial charge in [-0.25, -0.2) is 0 Å². The number of thiophene rings is 1. The molecule has 1 aromatic carbocycles. The van der Waals surface area contributed by atoms with E-state index < -0.39 is 0 Å². The molecule has 0 amide bonds. The molecule has 2 rings (SSSR count). The van der Waals surface area contributed by atoms with Gasteiger partial charge in [0.15, 0.2) is 0 Å². The molecule has 1 nitrogen and oxygen atoms in total. The van der Waals surface area contributed by atoms with E-state index in [1.807, 2.05) is 36.2 Å². The first-order valence-electron chi connectivity index (χ1n) is 5.98. The molecule has 0 spiro atoms. The fourth-order valence-corrected chi connectivity index (χ4v) is 4.94. The first-order valence-corrected chi connectivity index (χ1v) is 9.36. The van der Waals surface area contributed by atoms with Gasteiger partial charge >= 0.3 is 0 Å². The van der Waals surface area contributed by atoms with E-state index in [1.165, 1.54) is 18.0 Å². The van der Waals surface area contributed by atoms with Crippen LogP contribution in [0.4, 0.5) is 0 Å². The summed E-state index contributed by atoms with van der Waals surface area (Å²) in [5.41, 5.74) is 0. The minimum Gasteiger partial charge on any atom is -0.316 e. The second kappa shape index (κ2) is 7.84. The quantitative estimate of drug-likeness (QED) is 0.644. The molecule has 0 saturated carbocycles. The van der Waals surface area contributed by atoms with Gasteiger partial charge in [0.25, 0.3) is 0 Å². The highest BCUT2D eigenvalue weighted by atomic mass is 79.9. The topological polar surface area (TPSA) is 12.0 Å². The zero-order chi connectivity index (χ0) is 13.7. The van der Waals surface area contributed by atoms with Gasteiger partial charge < -0.3 is 5.32 Å². The summed E-state index contributed by atoms with van der Waals surface area (Å²) >= 11 is 10.8. The third-order valence-corrected chi connectivity index (χ3v) is 6.60. The first kappa shape index (κ1) is 15.6. The number of likely N-dealkylation sites (N-methyl/N-ethyl adjacent to an activating group) is 1. The molecule has 5 heteroatoms. The summed E-state index contributed by atoms with van der Waals surface area (Å²) in [6.07, 6.45) is 1.07. The number of hydrogen-bond donors (Lipinski definition) is 1. The lowest BCUT2D eigenvalue weighted by molar-refractivity contribution is 0.622. The second-order valence-corrected chi connectivity index (χ2v) is 8.60. The Morgan fingerprint density at radius 1 is 1.21 bits per heavy atom. The zero-order valence-corrected chi connectivity index (χ0v) is 15.3. The minimum absolute atomic E-state index is 0.489. The summed E-state index contributed by atoms with van der Waals surface area (Å²) in [5, 5.41) is 3.40. The van der Waals surface area contributed by atoms with Gasteiger partial charge in [-0.2, -0.15) is 0 Å². The Morgan fingerprint density at radius 2 is 2.00 bits per heavy atom. The van der Waals surface area contributed by atoms with Crippen LogP contribution in [0.3, 0.4) is 0 Å². The summed E-state index contributed by atoms with van der Waals surface area (Å²) < 4.78 is 2.38. The van der Waals surface area contributed by atoms with Crippen molar-refractivity contribution in [2.75, 3.05) is 12.8 Å². The lowest BCUT2D eigenvalue weighted by Gasteiger charge is -2.15. The summed E-state index contributed by atoms with van der Waals surface area (Å²) in [4.78, 5) is 2.72. The van der Waals surface area contributed by atoms with Crippen LogP contribution in [0, 0.1) is 0 Å².